The molecule has 1 rings (SSSR count). The van der Waals surface area contributed by atoms with Crippen LogP contribution >= 0.6 is 15.9 Å². The molecule has 1 aromatic rings. The van der Waals surface area contributed by atoms with E-state index in [1.54, 1.807) is 13.2 Å². The van der Waals surface area contributed by atoms with E-state index < -0.39 is 0 Å². The first-order valence-electron chi connectivity index (χ1n) is 5.41. The largest absolute Gasteiger partial charge is 0.384 e. The predicted octanol–water partition coefficient (Wildman–Crippen LogP) is 1.97. The lowest BCUT2D eigenvalue weighted by Crippen LogP contribution is -2.25. The minimum Gasteiger partial charge on any atom is -0.384 e. The average molecular weight is 298 g/mol. The first kappa shape index (κ1) is 14.0. The summed E-state index contributed by atoms with van der Waals surface area (Å²) in [5.41, 5.74) is 1.65. The van der Waals surface area contributed by atoms with Crippen LogP contribution in [0.1, 0.15) is 5.56 Å². The third-order valence-corrected chi connectivity index (χ3v) is 2.86. The zero-order valence-electron chi connectivity index (χ0n) is 9.79. The van der Waals surface area contributed by atoms with Gasteiger partial charge in [-0.3, -0.25) is 0 Å². The maximum absolute atomic E-state index is 8.78. The van der Waals surface area contributed by atoms with Gasteiger partial charge in [0.05, 0.1) is 12.2 Å². The Kier molecular flexibility index (Phi) is 6.63. The summed E-state index contributed by atoms with van der Waals surface area (Å²) in [6.45, 7) is 3.29. The van der Waals surface area contributed by atoms with Gasteiger partial charge in [0, 0.05) is 36.9 Å². The molecule has 4 nitrogen and oxygen atoms in total. The fourth-order valence-electron chi connectivity index (χ4n) is 1.31. The monoisotopic (exact) mass is 297 g/mol. The zero-order valence-corrected chi connectivity index (χ0v) is 11.4. The van der Waals surface area contributed by atoms with Crippen molar-refractivity contribution < 1.29 is 4.74 Å². The van der Waals surface area contributed by atoms with Crippen molar-refractivity contribution in [3.63, 3.8) is 0 Å². The summed E-state index contributed by atoms with van der Waals surface area (Å²) in [4.78, 5) is 0. The standard InChI is InChI=1S/C12H16BrN3O/c1-17-7-6-15-4-5-16-11-3-2-10(9-14)12(13)8-11/h2-3,8,15-16H,4-7H2,1H3. The van der Waals surface area contributed by atoms with Crippen LogP contribution in [-0.4, -0.2) is 33.4 Å². The van der Waals surface area contributed by atoms with Crippen molar-refractivity contribution >= 4 is 21.6 Å². The lowest BCUT2D eigenvalue weighted by molar-refractivity contribution is 0.200. The SMILES string of the molecule is COCCNCCNc1ccc(C#N)c(Br)c1. The predicted molar refractivity (Wildman–Crippen MR) is 72.1 cm³/mol. The Hall–Kier alpha value is -1.09. The molecule has 0 aliphatic carbocycles. The number of benzene rings is 1. The summed E-state index contributed by atoms with van der Waals surface area (Å²) in [5.74, 6) is 0. The van der Waals surface area contributed by atoms with E-state index in [-0.39, 0.29) is 0 Å². The van der Waals surface area contributed by atoms with Gasteiger partial charge in [0.2, 0.25) is 0 Å². The molecule has 0 saturated carbocycles. The molecule has 0 aliphatic rings. The molecule has 92 valence electrons. The summed E-state index contributed by atoms with van der Waals surface area (Å²) < 4.78 is 5.75. The normalized spacial score (nSPS) is 9.94. The molecule has 0 heterocycles. The molecule has 1 aromatic carbocycles. The van der Waals surface area contributed by atoms with E-state index in [0.717, 1.165) is 36.4 Å². The van der Waals surface area contributed by atoms with E-state index in [2.05, 4.69) is 32.6 Å². The number of halogens is 1. The number of nitriles is 1. The zero-order chi connectivity index (χ0) is 12.5. The molecule has 0 radical (unpaired) electrons. The number of ether oxygens (including phenoxy) is 1. The van der Waals surface area contributed by atoms with Crippen molar-refractivity contribution in [2.45, 2.75) is 0 Å². The first-order valence-corrected chi connectivity index (χ1v) is 6.20. The van der Waals surface area contributed by atoms with Crippen LogP contribution < -0.4 is 10.6 Å². The topological polar surface area (TPSA) is 57.1 Å². The van der Waals surface area contributed by atoms with E-state index in [1.807, 2.05) is 12.1 Å². The van der Waals surface area contributed by atoms with Gasteiger partial charge < -0.3 is 15.4 Å². The summed E-state index contributed by atoms with van der Waals surface area (Å²) >= 11 is 3.36. The number of anilines is 1. The van der Waals surface area contributed by atoms with Gasteiger partial charge in [-0.1, -0.05) is 0 Å². The molecule has 0 amide bonds. The highest BCUT2D eigenvalue weighted by atomic mass is 79.9. The second-order valence-corrected chi connectivity index (χ2v) is 4.33. The molecule has 0 bridgehead atoms. The quantitative estimate of drug-likeness (QED) is 0.756. The average Bonchev–Trinajstić information content (AvgIpc) is 2.34. The fourth-order valence-corrected chi connectivity index (χ4v) is 1.78. The third kappa shape index (κ3) is 5.18. The Morgan fingerprint density at radius 3 is 2.82 bits per heavy atom. The lowest BCUT2D eigenvalue weighted by Gasteiger charge is -2.08. The number of hydrogen-bond donors (Lipinski definition) is 2. The van der Waals surface area contributed by atoms with Gasteiger partial charge in [-0.05, 0) is 34.1 Å². The Morgan fingerprint density at radius 1 is 1.35 bits per heavy atom. The molecule has 0 atom stereocenters. The van der Waals surface area contributed by atoms with Crippen LogP contribution in [0.3, 0.4) is 0 Å². The Bertz CT molecular complexity index is 390. The lowest BCUT2D eigenvalue weighted by atomic mass is 10.2. The van der Waals surface area contributed by atoms with Gasteiger partial charge in [-0.25, -0.2) is 0 Å². The van der Waals surface area contributed by atoms with Gasteiger partial charge in [0.25, 0.3) is 0 Å². The molecular formula is C12H16BrN3O. The van der Waals surface area contributed by atoms with E-state index in [1.165, 1.54) is 0 Å². The van der Waals surface area contributed by atoms with Gasteiger partial charge in [-0.2, -0.15) is 5.26 Å². The Balaban J connectivity index is 2.28. The molecule has 0 unspecified atom stereocenters. The molecule has 0 aromatic heterocycles. The molecule has 5 heteroatoms. The molecule has 0 spiro atoms. The van der Waals surface area contributed by atoms with Gasteiger partial charge in [0.1, 0.15) is 6.07 Å². The number of hydrogen-bond acceptors (Lipinski definition) is 4. The Labute approximate surface area is 110 Å². The maximum atomic E-state index is 8.78. The van der Waals surface area contributed by atoms with Crippen molar-refractivity contribution in [3.8, 4) is 6.07 Å². The van der Waals surface area contributed by atoms with E-state index in [4.69, 9.17) is 10.00 Å². The van der Waals surface area contributed by atoms with E-state index >= 15 is 0 Å². The number of rotatable bonds is 7. The van der Waals surface area contributed by atoms with Gasteiger partial charge in [0.15, 0.2) is 0 Å². The van der Waals surface area contributed by atoms with Crippen LogP contribution in [0.2, 0.25) is 0 Å². The van der Waals surface area contributed by atoms with Crippen LogP contribution in [0.25, 0.3) is 0 Å². The molecule has 0 aliphatic heterocycles. The van der Waals surface area contributed by atoms with Crippen molar-refractivity contribution in [2.75, 3.05) is 38.7 Å². The molecule has 0 fully saturated rings. The minimum absolute atomic E-state index is 0.647. The van der Waals surface area contributed by atoms with Crippen LogP contribution in [0.4, 0.5) is 5.69 Å². The maximum Gasteiger partial charge on any atom is 0.100 e. The van der Waals surface area contributed by atoms with Crippen LogP contribution in [0.5, 0.6) is 0 Å². The molecule has 17 heavy (non-hydrogen) atoms. The Morgan fingerprint density at radius 2 is 2.18 bits per heavy atom. The van der Waals surface area contributed by atoms with E-state index in [9.17, 15) is 0 Å². The second-order valence-electron chi connectivity index (χ2n) is 3.48. The highest BCUT2D eigenvalue weighted by Crippen LogP contribution is 2.20. The fraction of sp³-hybridized carbons (Fsp3) is 0.417. The number of methoxy groups -OCH3 is 1. The molecular weight excluding hydrogens is 282 g/mol. The summed E-state index contributed by atoms with van der Waals surface area (Å²) in [7, 11) is 1.69. The summed E-state index contributed by atoms with van der Waals surface area (Å²) in [6, 6.07) is 7.72. The number of nitrogens with one attached hydrogen (secondary N) is 2. The van der Waals surface area contributed by atoms with Crippen molar-refractivity contribution in [3.05, 3.63) is 28.2 Å². The number of nitrogens with zero attached hydrogens (tertiary/aromatic N) is 1. The van der Waals surface area contributed by atoms with Crippen molar-refractivity contribution in [1.29, 1.82) is 5.26 Å². The third-order valence-electron chi connectivity index (χ3n) is 2.20. The highest BCUT2D eigenvalue weighted by Gasteiger charge is 1.99. The summed E-state index contributed by atoms with van der Waals surface area (Å²) in [6.07, 6.45) is 0. The second kappa shape index (κ2) is 8.07. The van der Waals surface area contributed by atoms with Crippen molar-refractivity contribution in [1.82, 2.24) is 5.32 Å². The van der Waals surface area contributed by atoms with Crippen LogP contribution in [-0.2, 0) is 4.74 Å². The van der Waals surface area contributed by atoms with Gasteiger partial charge >= 0.3 is 0 Å². The highest BCUT2D eigenvalue weighted by molar-refractivity contribution is 9.10. The van der Waals surface area contributed by atoms with Crippen LogP contribution in [0.15, 0.2) is 22.7 Å². The first-order chi connectivity index (χ1) is 8.27. The van der Waals surface area contributed by atoms with Gasteiger partial charge in [-0.15, -0.1) is 0 Å². The van der Waals surface area contributed by atoms with Crippen molar-refractivity contribution in [2.24, 2.45) is 0 Å². The smallest absolute Gasteiger partial charge is 0.100 e. The molecule has 2 N–H and O–H groups in total. The summed E-state index contributed by atoms with van der Waals surface area (Å²) in [5, 5.41) is 15.3. The molecule has 0 saturated heterocycles. The minimum atomic E-state index is 0.647. The van der Waals surface area contributed by atoms with Crippen LogP contribution in [0, 0.1) is 11.3 Å². The van der Waals surface area contributed by atoms with E-state index in [0.29, 0.717) is 5.56 Å².